The van der Waals surface area contributed by atoms with Crippen molar-refractivity contribution in [3.05, 3.63) is 35.9 Å². The molecule has 0 atom stereocenters. The third-order valence-electron chi connectivity index (χ3n) is 1.95. The number of carbonyl (C=O) groups excluding carboxylic acids is 1. The number of benzene rings is 1. The predicted molar refractivity (Wildman–Crippen MR) is 63.1 cm³/mol. The van der Waals surface area contributed by atoms with Gasteiger partial charge in [-0.3, -0.25) is 4.79 Å². The van der Waals surface area contributed by atoms with E-state index in [9.17, 15) is 4.79 Å². The van der Waals surface area contributed by atoms with Crippen LogP contribution in [0, 0.1) is 0 Å². The molecule has 1 aromatic carbocycles. The van der Waals surface area contributed by atoms with Crippen LogP contribution in [0.2, 0.25) is 0 Å². The van der Waals surface area contributed by atoms with E-state index in [2.05, 4.69) is 6.92 Å². The van der Waals surface area contributed by atoms with Crippen molar-refractivity contribution >= 4 is 6.29 Å². The summed E-state index contributed by atoms with van der Waals surface area (Å²) in [7, 11) is 0. The molecule has 0 saturated carbocycles. The van der Waals surface area contributed by atoms with Gasteiger partial charge in [0.15, 0.2) is 0 Å². The molecule has 0 aliphatic carbocycles. The number of hydrogen-bond donors (Lipinski definition) is 1. The number of aliphatic hydroxyl groups excluding tert-OH is 1. The summed E-state index contributed by atoms with van der Waals surface area (Å²) >= 11 is 0. The Morgan fingerprint density at radius 3 is 2.20 bits per heavy atom. The summed E-state index contributed by atoms with van der Waals surface area (Å²) < 4.78 is 0. The summed E-state index contributed by atoms with van der Waals surface area (Å²) in [5, 5.41) is 8.29. The lowest BCUT2D eigenvalue weighted by Crippen LogP contribution is -1.80. The van der Waals surface area contributed by atoms with E-state index in [-0.39, 0.29) is 0 Å². The first kappa shape index (κ1) is 13.8. The number of aliphatic hydroxyl groups is 1. The van der Waals surface area contributed by atoms with E-state index in [4.69, 9.17) is 5.11 Å². The lowest BCUT2D eigenvalue weighted by molar-refractivity contribution is 0.112. The maximum absolute atomic E-state index is 10.0. The lowest BCUT2D eigenvalue weighted by atomic mass is 10.2. The zero-order chi connectivity index (χ0) is 11.4. The van der Waals surface area contributed by atoms with Gasteiger partial charge in [-0.25, -0.2) is 0 Å². The Bertz CT molecular complexity index is 228. The minimum absolute atomic E-state index is 0.361. The number of rotatable bonds is 5. The third kappa shape index (κ3) is 9.16. The van der Waals surface area contributed by atoms with Gasteiger partial charge < -0.3 is 5.11 Å². The van der Waals surface area contributed by atoms with Crippen LogP contribution in [-0.4, -0.2) is 18.0 Å². The van der Waals surface area contributed by atoms with Crippen LogP contribution in [0.4, 0.5) is 0 Å². The van der Waals surface area contributed by atoms with E-state index < -0.39 is 0 Å². The van der Waals surface area contributed by atoms with E-state index in [1.54, 1.807) is 12.1 Å². The molecule has 0 aliphatic heterocycles. The average molecular weight is 208 g/mol. The topological polar surface area (TPSA) is 37.3 Å². The van der Waals surface area contributed by atoms with E-state index in [1.165, 1.54) is 19.3 Å². The fourth-order valence-electron chi connectivity index (χ4n) is 1.07. The molecule has 0 saturated heterocycles. The van der Waals surface area contributed by atoms with E-state index in [0.29, 0.717) is 6.61 Å². The van der Waals surface area contributed by atoms with Gasteiger partial charge in [0.05, 0.1) is 0 Å². The van der Waals surface area contributed by atoms with Crippen molar-refractivity contribution in [2.45, 2.75) is 32.6 Å². The highest BCUT2D eigenvalue weighted by Gasteiger charge is 1.81. The van der Waals surface area contributed by atoms with Crippen molar-refractivity contribution in [1.29, 1.82) is 0 Å². The molecule has 2 nitrogen and oxygen atoms in total. The van der Waals surface area contributed by atoms with Gasteiger partial charge in [0.2, 0.25) is 0 Å². The number of carbonyl (C=O) groups is 1. The molecule has 0 amide bonds. The smallest absolute Gasteiger partial charge is 0.150 e. The minimum Gasteiger partial charge on any atom is -0.396 e. The Hall–Kier alpha value is -1.15. The van der Waals surface area contributed by atoms with Gasteiger partial charge in [0.25, 0.3) is 0 Å². The number of aldehydes is 1. The molecule has 0 heterocycles. The fraction of sp³-hybridized carbons (Fsp3) is 0.462. The molecule has 1 rings (SSSR count). The molecule has 84 valence electrons. The van der Waals surface area contributed by atoms with Gasteiger partial charge >= 0.3 is 0 Å². The zero-order valence-electron chi connectivity index (χ0n) is 9.36. The van der Waals surface area contributed by atoms with Gasteiger partial charge in [0, 0.05) is 12.2 Å². The highest BCUT2D eigenvalue weighted by atomic mass is 16.2. The molecule has 0 unspecified atom stereocenters. The van der Waals surface area contributed by atoms with Crippen LogP contribution >= 0.6 is 0 Å². The Morgan fingerprint density at radius 1 is 1.13 bits per heavy atom. The molecule has 1 aromatic rings. The molecule has 0 bridgehead atoms. The van der Waals surface area contributed by atoms with E-state index in [1.807, 2.05) is 18.2 Å². The summed E-state index contributed by atoms with van der Waals surface area (Å²) in [6.45, 7) is 2.53. The average Bonchev–Trinajstić information content (AvgIpc) is 2.32. The van der Waals surface area contributed by atoms with Crippen molar-refractivity contribution in [1.82, 2.24) is 0 Å². The normalized spacial score (nSPS) is 8.93. The number of unbranched alkanes of at least 4 members (excludes halogenated alkanes) is 3. The minimum atomic E-state index is 0.361. The van der Waals surface area contributed by atoms with Gasteiger partial charge in [0.1, 0.15) is 6.29 Å². The first-order chi connectivity index (χ1) is 7.35. The second-order valence-electron chi connectivity index (χ2n) is 3.31. The lowest BCUT2D eigenvalue weighted by Gasteiger charge is -1.90. The van der Waals surface area contributed by atoms with Gasteiger partial charge in [-0.1, -0.05) is 56.5 Å². The Kier molecular flexibility index (Phi) is 10.1. The SMILES string of the molecule is CCCCCCO.O=Cc1ccccc1. The van der Waals surface area contributed by atoms with Crippen molar-refractivity contribution < 1.29 is 9.90 Å². The molecular formula is C13H20O2. The predicted octanol–water partition coefficient (Wildman–Crippen LogP) is 3.06. The summed E-state index contributed by atoms with van der Waals surface area (Å²) in [6, 6.07) is 9.10. The van der Waals surface area contributed by atoms with Crippen LogP contribution in [0.3, 0.4) is 0 Å². The second kappa shape index (κ2) is 10.9. The third-order valence-corrected chi connectivity index (χ3v) is 1.95. The van der Waals surface area contributed by atoms with E-state index in [0.717, 1.165) is 18.3 Å². The van der Waals surface area contributed by atoms with Crippen molar-refractivity contribution in [2.24, 2.45) is 0 Å². The van der Waals surface area contributed by atoms with Gasteiger partial charge in [-0.2, -0.15) is 0 Å². The van der Waals surface area contributed by atoms with Crippen LogP contribution in [0.25, 0.3) is 0 Å². The molecule has 0 radical (unpaired) electrons. The molecule has 0 spiro atoms. The van der Waals surface area contributed by atoms with Crippen LogP contribution in [0.15, 0.2) is 30.3 Å². The molecule has 0 fully saturated rings. The van der Waals surface area contributed by atoms with Crippen molar-refractivity contribution in [2.75, 3.05) is 6.61 Å². The van der Waals surface area contributed by atoms with Crippen molar-refractivity contribution in [3.8, 4) is 0 Å². The molecule has 0 aliphatic rings. The van der Waals surface area contributed by atoms with Gasteiger partial charge in [-0.15, -0.1) is 0 Å². The van der Waals surface area contributed by atoms with Crippen LogP contribution in [0.5, 0.6) is 0 Å². The van der Waals surface area contributed by atoms with Crippen LogP contribution in [0.1, 0.15) is 43.0 Å². The first-order valence-electron chi connectivity index (χ1n) is 5.46. The second-order valence-corrected chi connectivity index (χ2v) is 3.31. The molecule has 2 heteroatoms. The first-order valence-corrected chi connectivity index (χ1v) is 5.46. The summed E-state index contributed by atoms with van der Waals surface area (Å²) in [6.07, 6.45) is 5.52. The molecule has 0 aromatic heterocycles. The van der Waals surface area contributed by atoms with Gasteiger partial charge in [-0.05, 0) is 6.42 Å². The highest BCUT2D eigenvalue weighted by molar-refractivity contribution is 5.74. The Labute approximate surface area is 91.9 Å². The maximum Gasteiger partial charge on any atom is 0.150 e. The fourth-order valence-corrected chi connectivity index (χ4v) is 1.07. The largest absolute Gasteiger partial charge is 0.396 e. The highest BCUT2D eigenvalue weighted by Crippen LogP contribution is 1.96. The van der Waals surface area contributed by atoms with Crippen LogP contribution in [-0.2, 0) is 0 Å². The maximum atomic E-state index is 10.0. The Morgan fingerprint density at radius 2 is 1.80 bits per heavy atom. The van der Waals surface area contributed by atoms with E-state index >= 15 is 0 Å². The standard InChI is InChI=1S/C7H6O.C6H14O/c8-6-7-4-2-1-3-5-7;1-2-3-4-5-6-7/h1-6H;7H,2-6H2,1H3. The summed E-state index contributed by atoms with van der Waals surface area (Å²) in [5.41, 5.74) is 0.729. The quantitative estimate of drug-likeness (QED) is 0.596. The molecular weight excluding hydrogens is 188 g/mol. The molecule has 1 N–H and O–H groups in total. The summed E-state index contributed by atoms with van der Waals surface area (Å²) in [5.74, 6) is 0. The van der Waals surface area contributed by atoms with Crippen molar-refractivity contribution in [3.63, 3.8) is 0 Å². The number of hydrogen-bond acceptors (Lipinski definition) is 2. The molecule has 15 heavy (non-hydrogen) atoms. The monoisotopic (exact) mass is 208 g/mol. The van der Waals surface area contributed by atoms with Crippen LogP contribution < -0.4 is 0 Å². The Balaban J connectivity index is 0.000000265. The summed E-state index contributed by atoms with van der Waals surface area (Å²) in [4.78, 5) is 10.0. The zero-order valence-corrected chi connectivity index (χ0v) is 9.36.